The van der Waals surface area contributed by atoms with Crippen LogP contribution in [0, 0.1) is 11.7 Å². The van der Waals surface area contributed by atoms with Gasteiger partial charge in [0.1, 0.15) is 30.6 Å². The Balaban J connectivity index is 0.836. The zero-order chi connectivity index (χ0) is 54.7. The molecule has 21 heteroatoms. The third-order valence-electron chi connectivity index (χ3n) is 15.2. The van der Waals surface area contributed by atoms with Crippen LogP contribution in [0.3, 0.4) is 0 Å². The smallest absolute Gasteiger partial charge is 0.420 e. The molecule has 3 aromatic heterocycles. The van der Waals surface area contributed by atoms with Gasteiger partial charge in [-0.15, -0.1) is 0 Å². The van der Waals surface area contributed by atoms with Crippen molar-refractivity contribution in [2.24, 2.45) is 5.92 Å². The highest BCUT2D eigenvalue weighted by Crippen LogP contribution is 2.43. The monoisotopic (exact) mass is 1140 g/mol. The molecule has 18 nitrogen and oxygen atoms in total. The molecule has 3 aliphatic heterocycles. The average molecular weight is 1140 g/mol. The largest absolute Gasteiger partial charge is 0.492 e. The number of fused-ring (bicyclic) bond motifs is 2. The number of hydrogen-bond acceptors (Lipinski definition) is 15. The molecule has 0 bridgehead atoms. The number of ether oxygens (including phenoxy) is 1. The number of oxazole rings is 1. The van der Waals surface area contributed by atoms with Crippen molar-refractivity contribution in [3.05, 3.63) is 86.8 Å². The zero-order valence-electron chi connectivity index (χ0n) is 45.1. The van der Waals surface area contributed by atoms with E-state index in [-0.39, 0.29) is 29.8 Å². The van der Waals surface area contributed by atoms with Gasteiger partial charge in [-0.05, 0) is 111 Å². The summed E-state index contributed by atoms with van der Waals surface area (Å²) < 4.78 is 43.0. The summed E-state index contributed by atoms with van der Waals surface area (Å²) in [4.78, 5) is 75.4. The molecule has 3 saturated heterocycles. The van der Waals surface area contributed by atoms with Crippen molar-refractivity contribution >= 4 is 103 Å². The maximum Gasteiger partial charge on any atom is 0.420 e. The number of amides is 3. The molecular formula is C56H70BrFN11O7P. The fraction of sp³-hybridized carbons (Fsp3) is 0.482. The topological polar surface area (TPSA) is 200 Å². The van der Waals surface area contributed by atoms with E-state index >= 15 is 4.39 Å². The van der Waals surface area contributed by atoms with Crippen molar-refractivity contribution in [2.75, 3.05) is 92.7 Å². The number of aromatic nitrogens is 4. The second kappa shape index (κ2) is 23.7. The fourth-order valence-electron chi connectivity index (χ4n) is 11.2. The molecule has 0 radical (unpaired) electrons. The van der Waals surface area contributed by atoms with Crippen molar-refractivity contribution in [1.82, 2.24) is 34.6 Å². The lowest BCUT2D eigenvalue weighted by molar-refractivity contribution is -0.138. The Hall–Kier alpha value is -6.37. The number of nitrogens with one attached hydrogen (secondary N) is 3. The molecule has 410 valence electrons. The minimum absolute atomic E-state index is 0.0428. The number of benzene rings is 3. The van der Waals surface area contributed by atoms with Gasteiger partial charge in [0, 0.05) is 111 Å². The van der Waals surface area contributed by atoms with Crippen LogP contribution < -0.4 is 41.5 Å². The first-order valence-corrected chi connectivity index (χ1v) is 30.5. The number of piperidine rings is 2. The Kier molecular flexibility index (Phi) is 17.0. The van der Waals surface area contributed by atoms with Crippen LogP contribution in [0.1, 0.15) is 90.4 Å². The van der Waals surface area contributed by atoms with Gasteiger partial charge in [0.25, 0.3) is 0 Å². The molecule has 9 rings (SSSR count). The van der Waals surface area contributed by atoms with E-state index in [0.29, 0.717) is 90.3 Å². The molecule has 3 aliphatic rings. The van der Waals surface area contributed by atoms with Crippen LogP contribution in [-0.4, -0.2) is 125 Å². The van der Waals surface area contributed by atoms with Gasteiger partial charge in [0.15, 0.2) is 5.58 Å². The first kappa shape index (κ1) is 55.4. The number of carbonyl (C=O) groups excluding carboxylic acids is 3. The van der Waals surface area contributed by atoms with Crippen LogP contribution in [0.5, 0.6) is 5.75 Å². The predicted molar refractivity (Wildman–Crippen MR) is 305 cm³/mol. The van der Waals surface area contributed by atoms with Gasteiger partial charge in [0.2, 0.25) is 23.7 Å². The fourth-order valence-corrected chi connectivity index (χ4v) is 13.0. The van der Waals surface area contributed by atoms with Gasteiger partial charge < -0.3 is 39.1 Å². The van der Waals surface area contributed by atoms with Crippen LogP contribution in [-0.2, 0) is 31.8 Å². The number of piperazine rings is 1. The van der Waals surface area contributed by atoms with Gasteiger partial charge in [-0.25, -0.2) is 14.2 Å². The van der Waals surface area contributed by atoms with E-state index in [1.54, 1.807) is 19.5 Å². The lowest BCUT2D eigenvalue weighted by atomic mass is 9.99. The molecule has 0 spiro atoms. The molecule has 3 aromatic carbocycles. The minimum Gasteiger partial charge on any atom is -0.492 e. The maximum atomic E-state index is 15.4. The average Bonchev–Trinajstić information content (AvgIpc) is 3.75. The summed E-state index contributed by atoms with van der Waals surface area (Å²) in [5.41, 5.74) is 6.15. The van der Waals surface area contributed by atoms with E-state index in [9.17, 15) is 23.7 Å². The summed E-state index contributed by atoms with van der Waals surface area (Å²) >= 11 is 3.64. The molecule has 2 atom stereocenters. The summed E-state index contributed by atoms with van der Waals surface area (Å²) in [5, 5.41) is 10.7. The third kappa shape index (κ3) is 11.9. The first-order valence-electron chi connectivity index (χ1n) is 27.1. The van der Waals surface area contributed by atoms with Crippen LogP contribution in [0.15, 0.2) is 68.4 Å². The lowest BCUT2D eigenvalue weighted by Gasteiger charge is -2.44. The van der Waals surface area contributed by atoms with E-state index in [4.69, 9.17) is 19.1 Å². The molecule has 3 amide bonds. The standard InChI is InChI=1S/C56H70BrFN11O7P/c1-8-21-68(46-29-36(58)30-47-50(46)76-56(73)69(47)44-17-18-49(70)63-53(44)71)33-35(10-3)54(72)67-26-24-65(25-27-67)38-19-22-66(23-20-38)45-31-48(75-12-5)43(28-34(45)9-2)62-55-59-32-40(57)52(64-55)61-42-16-15-41-39(51(42)77(6,7)74)14-13-37(11-4)60-41/h13-16,28-32,35,38,44H,8-12,17-27,33H2,1-7H3,(H,63,70,71)(H2,59,61,62,64)/t35-,44?/m1/s1. The van der Waals surface area contributed by atoms with Crippen molar-refractivity contribution in [2.45, 2.75) is 98.1 Å². The molecule has 0 aliphatic carbocycles. The number of halogens is 2. The predicted octanol–water partition coefficient (Wildman–Crippen LogP) is 9.13. The highest BCUT2D eigenvalue weighted by atomic mass is 79.9. The first-order chi connectivity index (χ1) is 37.0. The van der Waals surface area contributed by atoms with Crippen molar-refractivity contribution in [3.8, 4) is 5.75 Å². The molecule has 77 heavy (non-hydrogen) atoms. The number of rotatable bonds is 19. The number of aryl methyl sites for hydroxylation is 2. The number of imide groups is 1. The second-order valence-corrected chi connectivity index (χ2v) is 24.6. The van der Waals surface area contributed by atoms with Crippen LogP contribution in [0.2, 0.25) is 0 Å². The second-order valence-electron chi connectivity index (χ2n) is 20.5. The Labute approximate surface area is 457 Å². The maximum absolute atomic E-state index is 15.4. The minimum atomic E-state index is -2.77. The normalized spacial score (nSPS) is 17.2. The van der Waals surface area contributed by atoms with E-state index < -0.39 is 42.5 Å². The summed E-state index contributed by atoms with van der Waals surface area (Å²) in [6, 6.07) is 14.0. The van der Waals surface area contributed by atoms with Crippen LogP contribution >= 0.6 is 23.1 Å². The number of anilines is 6. The van der Waals surface area contributed by atoms with E-state index in [2.05, 4.69) is 72.6 Å². The Morgan fingerprint density at radius 3 is 2.38 bits per heavy atom. The Morgan fingerprint density at radius 1 is 0.935 bits per heavy atom. The third-order valence-corrected chi connectivity index (χ3v) is 17.3. The molecule has 3 fully saturated rings. The van der Waals surface area contributed by atoms with Crippen LogP contribution in [0.4, 0.5) is 38.9 Å². The van der Waals surface area contributed by atoms with Gasteiger partial charge in [0.05, 0.1) is 45.1 Å². The number of hydrogen-bond donors (Lipinski definition) is 3. The molecule has 1 unspecified atom stereocenters. The summed E-state index contributed by atoms with van der Waals surface area (Å²) in [7, 11) is -2.77. The molecule has 6 heterocycles. The van der Waals surface area contributed by atoms with Gasteiger partial charge >= 0.3 is 5.76 Å². The van der Waals surface area contributed by atoms with Crippen molar-refractivity contribution in [3.63, 3.8) is 0 Å². The lowest BCUT2D eigenvalue weighted by Crippen LogP contribution is -2.55. The zero-order valence-corrected chi connectivity index (χ0v) is 47.6. The molecule has 3 N–H and O–H groups in total. The van der Waals surface area contributed by atoms with E-state index in [1.165, 1.54) is 17.7 Å². The number of carbonyl (C=O) groups is 3. The quantitative estimate of drug-likeness (QED) is 0.0512. The Bertz CT molecular complexity index is 3290. The SMILES string of the molecule is CCCN(C[C@@H](CC)C(=O)N1CCN(C2CCN(c3cc(OCC)c(Nc4ncc(Br)c(Nc5ccc6nc(CC)ccc6c5P(C)(C)=O)n4)cc3CC)CC2)CC1)c1cc(F)cc2c1oc(=O)n2C1CCC(=O)NC1=O. The summed E-state index contributed by atoms with van der Waals surface area (Å²) in [6.07, 6.45) is 6.63. The molecule has 6 aromatic rings. The van der Waals surface area contributed by atoms with Gasteiger partial charge in [-0.2, -0.15) is 4.98 Å². The molecular weight excluding hydrogens is 1070 g/mol. The van der Waals surface area contributed by atoms with Gasteiger partial charge in [-0.3, -0.25) is 34.2 Å². The van der Waals surface area contributed by atoms with E-state index in [1.807, 2.05) is 54.8 Å². The highest BCUT2D eigenvalue weighted by Gasteiger charge is 2.35. The Morgan fingerprint density at radius 2 is 1.70 bits per heavy atom. The van der Waals surface area contributed by atoms with Crippen molar-refractivity contribution in [1.29, 1.82) is 0 Å². The van der Waals surface area contributed by atoms with Crippen LogP contribution in [0.25, 0.3) is 22.0 Å². The molecule has 0 saturated carbocycles. The van der Waals surface area contributed by atoms with E-state index in [0.717, 1.165) is 84.4 Å². The number of pyridine rings is 1. The highest BCUT2D eigenvalue weighted by molar-refractivity contribution is 9.10. The van der Waals surface area contributed by atoms with Gasteiger partial charge in [-0.1, -0.05) is 33.8 Å². The summed E-state index contributed by atoms with van der Waals surface area (Å²) in [5.74, 6) is -1.25. The number of nitrogens with zero attached hydrogens (tertiary/aromatic N) is 8. The summed E-state index contributed by atoms with van der Waals surface area (Å²) in [6.45, 7) is 19.4. The van der Waals surface area contributed by atoms with Crippen molar-refractivity contribution < 1.29 is 32.5 Å².